The van der Waals surface area contributed by atoms with E-state index in [-0.39, 0.29) is 9.41 Å². The van der Waals surface area contributed by atoms with Gasteiger partial charge in [0.15, 0.2) is 5.70 Å². The molecule has 0 bridgehead atoms. The van der Waals surface area contributed by atoms with Crippen molar-refractivity contribution >= 4 is 31.9 Å². The van der Waals surface area contributed by atoms with E-state index in [1.807, 2.05) is 18.4 Å². The van der Waals surface area contributed by atoms with E-state index < -0.39 is 0 Å². The van der Waals surface area contributed by atoms with Crippen LogP contribution in [0.5, 0.6) is 0 Å². The first-order valence-corrected chi connectivity index (χ1v) is 9.35. The highest BCUT2D eigenvalue weighted by Gasteiger charge is 2.20. The highest BCUT2D eigenvalue weighted by atomic mass is 19.0. The number of benzene rings is 1. The van der Waals surface area contributed by atoms with Crippen molar-refractivity contribution in [2.75, 3.05) is 6.54 Å². The Labute approximate surface area is 172 Å². The van der Waals surface area contributed by atoms with Crippen LogP contribution in [0.3, 0.4) is 0 Å². The molecule has 3 nitrogen and oxygen atoms in total. The van der Waals surface area contributed by atoms with Crippen LogP contribution in [0.15, 0.2) is 36.0 Å². The van der Waals surface area contributed by atoms with E-state index in [0.717, 1.165) is 29.1 Å². The van der Waals surface area contributed by atoms with Gasteiger partial charge in [-0.15, -0.1) is 0 Å². The lowest BCUT2D eigenvalue weighted by atomic mass is 9.99. The van der Waals surface area contributed by atoms with Crippen molar-refractivity contribution in [1.29, 1.82) is 0 Å². The van der Waals surface area contributed by atoms with Gasteiger partial charge in [0, 0.05) is 23.4 Å². The third kappa shape index (κ3) is 5.21. The van der Waals surface area contributed by atoms with E-state index in [2.05, 4.69) is 63.0 Å². The standard InChI is InChI=1S/C23H27BN3.2FH/c1-15-12-16(2)20(17(3)13-15)8-7-19-14-18(4)23(26-19)21(9-10-25)22-6-5-11-27(22)24;;/h5-8,11-14,26H,9-10,25H2,1-4H3;2*1H/q+1;;/b8-7+;;. The molecule has 1 aliphatic rings. The van der Waals surface area contributed by atoms with Gasteiger partial charge in [0.2, 0.25) is 0 Å². The van der Waals surface area contributed by atoms with Crippen molar-refractivity contribution in [1.82, 2.24) is 4.98 Å². The van der Waals surface area contributed by atoms with Gasteiger partial charge in [-0.05, 0) is 75.1 Å². The molecule has 0 fully saturated rings. The zero-order valence-corrected chi connectivity index (χ0v) is 17.5. The maximum Gasteiger partial charge on any atom is 0.586 e. The van der Waals surface area contributed by atoms with Gasteiger partial charge in [-0.25, -0.2) is 0 Å². The minimum Gasteiger partial charge on any atom is -0.355 e. The van der Waals surface area contributed by atoms with E-state index in [9.17, 15) is 0 Å². The van der Waals surface area contributed by atoms with Crippen molar-refractivity contribution in [2.24, 2.45) is 5.73 Å². The number of hydrogen-bond donors (Lipinski definition) is 2. The molecule has 0 atom stereocenters. The smallest absolute Gasteiger partial charge is 0.355 e. The second-order valence-electron chi connectivity index (χ2n) is 7.25. The molecular formula is C23H29BF2N3+. The van der Waals surface area contributed by atoms with Crippen molar-refractivity contribution in [3.63, 3.8) is 0 Å². The zero-order chi connectivity index (χ0) is 19.6. The van der Waals surface area contributed by atoms with Gasteiger partial charge in [0.1, 0.15) is 6.21 Å². The third-order valence-electron chi connectivity index (χ3n) is 4.99. The number of hydrogen-bond acceptors (Lipinski definition) is 1. The topological polar surface area (TPSA) is 44.8 Å². The van der Waals surface area contributed by atoms with Crippen molar-refractivity contribution in [3.8, 4) is 0 Å². The number of nitrogens with zero attached hydrogens (tertiary/aromatic N) is 1. The summed E-state index contributed by atoms with van der Waals surface area (Å²) in [5.41, 5.74) is 16.5. The first kappa shape index (κ1) is 24.3. The monoisotopic (exact) mass is 396 g/mol. The van der Waals surface area contributed by atoms with Crippen LogP contribution in [0, 0.1) is 27.7 Å². The molecule has 1 aliphatic heterocycles. The fourth-order valence-corrected chi connectivity index (χ4v) is 3.79. The quantitative estimate of drug-likeness (QED) is 0.718. The van der Waals surface area contributed by atoms with Crippen LogP contribution in [0.25, 0.3) is 17.7 Å². The maximum absolute atomic E-state index is 6.07. The number of rotatable bonds is 5. The van der Waals surface area contributed by atoms with Crippen LogP contribution >= 0.6 is 0 Å². The SMILES string of the molecule is F.F.[B][N+]1=CC=CC1=C(CCN)c1[nH]c(/C=C/c2c(C)cc(C)cc2C)cc1C. The summed E-state index contributed by atoms with van der Waals surface area (Å²) >= 11 is 0. The van der Waals surface area contributed by atoms with Crippen LogP contribution in [0.1, 0.15) is 45.6 Å². The average Bonchev–Trinajstić information content (AvgIpc) is 3.17. The number of nitrogens with two attached hydrogens (primary N) is 1. The summed E-state index contributed by atoms with van der Waals surface area (Å²) in [5, 5.41) is 0. The molecule has 0 aliphatic carbocycles. The summed E-state index contributed by atoms with van der Waals surface area (Å²) in [4.78, 5) is 3.55. The van der Waals surface area contributed by atoms with Crippen LogP contribution in [-0.2, 0) is 0 Å². The first-order valence-electron chi connectivity index (χ1n) is 9.35. The summed E-state index contributed by atoms with van der Waals surface area (Å²) in [6.45, 7) is 9.15. The van der Waals surface area contributed by atoms with E-state index in [0.29, 0.717) is 6.54 Å². The molecule has 152 valence electrons. The number of halogens is 2. The predicted molar refractivity (Wildman–Crippen MR) is 122 cm³/mol. The highest BCUT2D eigenvalue weighted by Crippen LogP contribution is 2.28. The molecule has 3 rings (SSSR count). The Hall–Kier alpha value is -2.73. The second kappa shape index (κ2) is 10.2. The van der Waals surface area contributed by atoms with Gasteiger partial charge < -0.3 is 10.7 Å². The summed E-state index contributed by atoms with van der Waals surface area (Å²) in [5.74, 6) is 0. The Morgan fingerprint density at radius 1 is 1.03 bits per heavy atom. The summed E-state index contributed by atoms with van der Waals surface area (Å²) in [7, 11) is 6.07. The molecule has 0 saturated carbocycles. The molecule has 2 heterocycles. The minimum atomic E-state index is 0. The number of aromatic nitrogens is 1. The summed E-state index contributed by atoms with van der Waals surface area (Å²) < 4.78 is 1.65. The third-order valence-corrected chi connectivity index (χ3v) is 4.99. The number of allylic oxidation sites excluding steroid dienone is 2. The minimum absolute atomic E-state index is 0. The Kier molecular flexibility index (Phi) is 8.52. The Morgan fingerprint density at radius 2 is 1.69 bits per heavy atom. The average molecular weight is 396 g/mol. The molecule has 0 amide bonds. The molecule has 1 aromatic carbocycles. The molecule has 0 saturated heterocycles. The van der Waals surface area contributed by atoms with Crippen LogP contribution in [-0.4, -0.2) is 30.2 Å². The number of nitrogens with one attached hydrogen (secondary N) is 1. The lowest BCUT2D eigenvalue weighted by molar-refractivity contribution is -0.294. The van der Waals surface area contributed by atoms with Crippen LogP contribution < -0.4 is 5.73 Å². The van der Waals surface area contributed by atoms with Crippen LogP contribution in [0.4, 0.5) is 9.41 Å². The fourth-order valence-electron chi connectivity index (χ4n) is 3.79. The van der Waals surface area contributed by atoms with Crippen LogP contribution in [0.2, 0.25) is 0 Å². The van der Waals surface area contributed by atoms with Crippen molar-refractivity contribution in [2.45, 2.75) is 34.1 Å². The second-order valence-corrected chi connectivity index (χ2v) is 7.25. The summed E-state index contributed by atoms with van der Waals surface area (Å²) in [6, 6.07) is 6.62. The Bertz CT molecular complexity index is 975. The van der Waals surface area contributed by atoms with Gasteiger partial charge in [-0.2, -0.15) is 0 Å². The largest absolute Gasteiger partial charge is 0.586 e. The molecule has 6 heteroatoms. The lowest BCUT2D eigenvalue weighted by Gasteiger charge is -2.08. The lowest BCUT2D eigenvalue weighted by Crippen LogP contribution is -2.09. The van der Waals surface area contributed by atoms with E-state index in [4.69, 9.17) is 13.7 Å². The molecule has 2 aromatic rings. The Balaban J connectivity index is 0.00000210. The maximum atomic E-state index is 6.07. The zero-order valence-electron chi connectivity index (χ0n) is 17.5. The molecule has 29 heavy (non-hydrogen) atoms. The number of aromatic amines is 1. The van der Waals surface area contributed by atoms with Gasteiger partial charge in [0.05, 0.1) is 5.69 Å². The number of aryl methyl sites for hydroxylation is 4. The molecule has 3 N–H and O–H groups in total. The molecule has 0 spiro atoms. The predicted octanol–water partition coefficient (Wildman–Crippen LogP) is 4.52. The number of H-pyrrole nitrogens is 1. The first-order chi connectivity index (χ1) is 12.9. The molecule has 1 aromatic heterocycles. The van der Waals surface area contributed by atoms with Gasteiger partial charge in [-0.3, -0.25) is 13.9 Å². The van der Waals surface area contributed by atoms with E-state index in [1.54, 1.807) is 4.49 Å². The normalized spacial score (nSPS) is 14.6. The van der Waals surface area contributed by atoms with Gasteiger partial charge >= 0.3 is 7.98 Å². The molecular weight excluding hydrogens is 367 g/mol. The summed E-state index contributed by atoms with van der Waals surface area (Å²) in [6.07, 6.45) is 10.9. The van der Waals surface area contributed by atoms with Gasteiger partial charge in [-0.1, -0.05) is 23.8 Å². The molecule has 0 unspecified atom stereocenters. The highest BCUT2D eigenvalue weighted by molar-refractivity contribution is 6.01. The van der Waals surface area contributed by atoms with Crippen molar-refractivity contribution < 1.29 is 13.9 Å². The van der Waals surface area contributed by atoms with Crippen molar-refractivity contribution in [3.05, 3.63) is 75.3 Å². The molecule has 2 radical (unpaired) electrons. The fraction of sp³-hybridized carbons (Fsp3) is 0.261. The van der Waals surface area contributed by atoms with Gasteiger partial charge in [0.25, 0.3) is 0 Å². The Morgan fingerprint density at radius 3 is 2.24 bits per heavy atom. The van der Waals surface area contributed by atoms with E-state index >= 15 is 0 Å². The van der Waals surface area contributed by atoms with E-state index in [1.165, 1.54) is 27.8 Å².